The lowest BCUT2D eigenvalue weighted by molar-refractivity contribution is -0.137. The second-order valence-corrected chi connectivity index (χ2v) is 9.83. The summed E-state index contributed by atoms with van der Waals surface area (Å²) in [6, 6.07) is 10.7. The van der Waals surface area contributed by atoms with E-state index in [0.29, 0.717) is 6.54 Å². The molecule has 6 nitrogen and oxygen atoms in total. The summed E-state index contributed by atoms with van der Waals surface area (Å²) >= 11 is 0. The average molecular weight is 447 g/mol. The van der Waals surface area contributed by atoms with Gasteiger partial charge in [-0.3, -0.25) is 14.7 Å². The number of aromatic amines is 1. The van der Waals surface area contributed by atoms with E-state index in [2.05, 4.69) is 64.8 Å². The van der Waals surface area contributed by atoms with Gasteiger partial charge in [0.25, 0.3) is 0 Å². The molecule has 5 rings (SSSR count). The summed E-state index contributed by atoms with van der Waals surface area (Å²) in [6.45, 7) is 10.0. The molecule has 0 aliphatic carbocycles. The van der Waals surface area contributed by atoms with Crippen LogP contribution in [0.5, 0.6) is 0 Å². The highest BCUT2D eigenvalue weighted by Gasteiger charge is 2.31. The molecule has 0 bridgehead atoms. The number of hydrogen-bond acceptors (Lipinski definition) is 4. The van der Waals surface area contributed by atoms with E-state index in [1.54, 1.807) is 0 Å². The fourth-order valence-electron chi connectivity index (χ4n) is 5.60. The molecule has 2 aliphatic rings. The van der Waals surface area contributed by atoms with E-state index in [0.717, 1.165) is 50.1 Å². The van der Waals surface area contributed by atoms with Crippen molar-refractivity contribution in [3.05, 3.63) is 54.0 Å². The van der Waals surface area contributed by atoms with Crippen molar-refractivity contribution in [2.45, 2.75) is 51.7 Å². The molecular weight excluding hydrogens is 412 g/mol. The number of aromatic nitrogens is 2. The van der Waals surface area contributed by atoms with Gasteiger partial charge in [0, 0.05) is 72.2 Å². The molecule has 33 heavy (non-hydrogen) atoms. The first-order chi connectivity index (χ1) is 16.0. The molecule has 6 heteroatoms. The Morgan fingerprint density at radius 2 is 2.00 bits per heavy atom. The third-order valence-corrected chi connectivity index (χ3v) is 6.97. The molecule has 3 aromatic rings. The minimum absolute atomic E-state index is 0.174. The van der Waals surface area contributed by atoms with Gasteiger partial charge in [-0.1, -0.05) is 17.7 Å². The van der Waals surface area contributed by atoms with Gasteiger partial charge in [0.2, 0.25) is 5.91 Å². The maximum absolute atomic E-state index is 13.3. The van der Waals surface area contributed by atoms with Gasteiger partial charge in [0.1, 0.15) is 0 Å². The minimum Gasteiger partial charge on any atom is -0.373 e. The normalized spacial score (nSPS) is 24.3. The fraction of sp³-hybridized carbons (Fsp3) is 0.481. The summed E-state index contributed by atoms with van der Waals surface area (Å²) in [7, 11) is 0. The highest BCUT2D eigenvalue weighted by Crippen LogP contribution is 2.39. The second-order valence-electron chi connectivity index (χ2n) is 9.83. The number of rotatable bonds is 4. The molecule has 3 atom stereocenters. The van der Waals surface area contributed by atoms with Crippen molar-refractivity contribution in [2.75, 3.05) is 32.7 Å². The third kappa shape index (κ3) is 4.68. The van der Waals surface area contributed by atoms with Crippen molar-refractivity contribution in [2.24, 2.45) is 0 Å². The monoisotopic (exact) mass is 446 g/mol. The Morgan fingerprint density at radius 3 is 2.76 bits per heavy atom. The predicted octanol–water partition coefficient (Wildman–Crippen LogP) is 4.35. The van der Waals surface area contributed by atoms with Crippen molar-refractivity contribution in [3.8, 4) is 11.1 Å². The molecule has 0 unspecified atom stereocenters. The van der Waals surface area contributed by atoms with Crippen molar-refractivity contribution in [1.29, 1.82) is 0 Å². The lowest BCUT2D eigenvalue weighted by Crippen LogP contribution is -2.51. The number of carbonyl (C=O) groups is 1. The van der Waals surface area contributed by atoms with Gasteiger partial charge in [-0.15, -0.1) is 0 Å². The molecule has 4 heterocycles. The molecule has 174 valence electrons. The minimum atomic E-state index is 0.174. The van der Waals surface area contributed by atoms with Crippen LogP contribution < -0.4 is 0 Å². The Balaban J connectivity index is 1.40. The lowest BCUT2D eigenvalue weighted by atomic mass is 9.89. The lowest BCUT2D eigenvalue weighted by Gasteiger charge is -2.38. The number of morpholine rings is 1. The smallest absolute Gasteiger partial charge is 0.236 e. The maximum atomic E-state index is 13.3. The van der Waals surface area contributed by atoms with E-state index in [-0.39, 0.29) is 24.0 Å². The number of piperidine rings is 1. The summed E-state index contributed by atoms with van der Waals surface area (Å²) in [5, 5.41) is 1.23. The Kier molecular flexibility index (Phi) is 6.21. The first-order valence-electron chi connectivity index (χ1n) is 12.2. The van der Waals surface area contributed by atoms with Gasteiger partial charge in [-0.25, -0.2) is 0 Å². The van der Waals surface area contributed by atoms with Crippen LogP contribution in [0.1, 0.15) is 43.9 Å². The molecule has 2 saturated heterocycles. The van der Waals surface area contributed by atoms with Crippen LogP contribution >= 0.6 is 0 Å². The van der Waals surface area contributed by atoms with Gasteiger partial charge in [0.15, 0.2) is 0 Å². The van der Waals surface area contributed by atoms with Crippen LogP contribution in [-0.2, 0) is 9.53 Å². The van der Waals surface area contributed by atoms with E-state index in [4.69, 9.17) is 4.74 Å². The van der Waals surface area contributed by atoms with E-state index >= 15 is 0 Å². The summed E-state index contributed by atoms with van der Waals surface area (Å²) in [5.74, 6) is 0.518. The predicted molar refractivity (Wildman–Crippen MR) is 131 cm³/mol. The molecule has 0 saturated carbocycles. The van der Waals surface area contributed by atoms with Crippen molar-refractivity contribution in [3.63, 3.8) is 0 Å². The highest BCUT2D eigenvalue weighted by molar-refractivity contribution is 5.98. The number of amides is 1. The van der Waals surface area contributed by atoms with Crippen LogP contribution in [0.25, 0.3) is 22.0 Å². The van der Waals surface area contributed by atoms with E-state index in [1.807, 2.05) is 18.5 Å². The summed E-state index contributed by atoms with van der Waals surface area (Å²) in [6.07, 6.45) is 6.21. The fourth-order valence-corrected chi connectivity index (χ4v) is 5.60. The van der Waals surface area contributed by atoms with E-state index < -0.39 is 0 Å². The number of aryl methyl sites for hydroxylation is 1. The molecule has 1 N–H and O–H groups in total. The van der Waals surface area contributed by atoms with Crippen LogP contribution in [0.15, 0.2) is 42.7 Å². The quantitative estimate of drug-likeness (QED) is 0.647. The Hall–Kier alpha value is -2.70. The number of likely N-dealkylation sites (tertiary alicyclic amines) is 1. The number of pyridine rings is 1. The summed E-state index contributed by atoms with van der Waals surface area (Å²) < 4.78 is 5.83. The Labute approximate surface area is 195 Å². The number of nitrogens with one attached hydrogen (secondary N) is 1. The molecule has 2 aliphatic heterocycles. The first kappa shape index (κ1) is 22.1. The zero-order valence-corrected chi connectivity index (χ0v) is 19.9. The third-order valence-electron chi connectivity index (χ3n) is 6.97. The van der Waals surface area contributed by atoms with Gasteiger partial charge in [0.05, 0.1) is 18.8 Å². The number of ether oxygens (including phenoxy) is 1. The SMILES string of the molecule is Cc1ccc2[nH]c([C@H]3CCCN(C(=O)CN4C[C@@H](C)O[C@@H](C)C4)C3)c(-c3cccnc3)c2c1. The number of nitrogens with zero attached hydrogens (tertiary/aromatic N) is 3. The Bertz CT molecular complexity index is 1120. The number of H-pyrrole nitrogens is 1. The molecule has 2 fully saturated rings. The Morgan fingerprint density at radius 1 is 1.18 bits per heavy atom. The largest absolute Gasteiger partial charge is 0.373 e. The molecule has 0 radical (unpaired) electrons. The first-order valence-corrected chi connectivity index (χ1v) is 12.2. The number of fused-ring (bicyclic) bond motifs is 1. The van der Waals surface area contributed by atoms with Crippen molar-refractivity contribution < 1.29 is 9.53 Å². The molecule has 1 aromatic carbocycles. The van der Waals surface area contributed by atoms with E-state index in [1.165, 1.54) is 22.2 Å². The summed E-state index contributed by atoms with van der Waals surface area (Å²) in [5.41, 5.74) is 5.98. The number of carbonyl (C=O) groups excluding carboxylic acids is 1. The van der Waals surface area contributed by atoms with Crippen LogP contribution in [0.3, 0.4) is 0 Å². The van der Waals surface area contributed by atoms with Crippen LogP contribution in [0, 0.1) is 6.92 Å². The van der Waals surface area contributed by atoms with Gasteiger partial charge >= 0.3 is 0 Å². The zero-order chi connectivity index (χ0) is 22.9. The van der Waals surface area contributed by atoms with Gasteiger partial charge in [-0.05, 0) is 51.8 Å². The summed E-state index contributed by atoms with van der Waals surface area (Å²) in [4.78, 5) is 25.7. The average Bonchev–Trinajstić information content (AvgIpc) is 3.17. The zero-order valence-electron chi connectivity index (χ0n) is 19.9. The standard InChI is InChI=1S/C27H34N4O2/c1-18-8-9-24-23(12-18)26(21-6-4-10-28-13-21)27(29-24)22-7-5-11-31(16-22)25(32)17-30-14-19(2)33-20(3)15-30/h4,6,8-10,12-13,19-20,22,29H,5,7,11,14-17H2,1-3H3/t19-,20+,22-/m0/s1. The van der Waals surface area contributed by atoms with E-state index in [9.17, 15) is 4.79 Å². The second kappa shape index (κ2) is 9.27. The van der Waals surface area contributed by atoms with Crippen molar-refractivity contribution in [1.82, 2.24) is 19.8 Å². The highest BCUT2D eigenvalue weighted by atomic mass is 16.5. The van der Waals surface area contributed by atoms with Crippen LogP contribution in [-0.4, -0.2) is 70.6 Å². The molecule has 0 spiro atoms. The van der Waals surface area contributed by atoms with Gasteiger partial charge < -0.3 is 14.6 Å². The van der Waals surface area contributed by atoms with Crippen molar-refractivity contribution >= 4 is 16.8 Å². The number of hydrogen-bond donors (Lipinski definition) is 1. The number of benzene rings is 1. The van der Waals surface area contributed by atoms with Gasteiger partial charge in [-0.2, -0.15) is 0 Å². The molecule has 2 aromatic heterocycles. The molecular formula is C27H34N4O2. The van der Waals surface area contributed by atoms with Crippen LogP contribution in [0.4, 0.5) is 0 Å². The topological polar surface area (TPSA) is 61.5 Å². The maximum Gasteiger partial charge on any atom is 0.236 e. The van der Waals surface area contributed by atoms with Crippen LogP contribution in [0.2, 0.25) is 0 Å². The molecule has 1 amide bonds.